The number of benzene rings is 1. The zero-order chi connectivity index (χ0) is 16.7. The third-order valence-corrected chi connectivity index (χ3v) is 3.49. The number of urea groups is 1. The van der Waals surface area contributed by atoms with Crippen LogP contribution in [0.1, 0.15) is 29.7 Å². The molecule has 1 aromatic rings. The van der Waals surface area contributed by atoms with E-state index in [9.17, 15) is 31.1 Å². The lowest BCUT2D eigenvalue weighted by Crippen LogP contribution is -2.32. The maximum atomic E-state index is 13.1. The van der Waals surface area contributed by atoms with Crippen molar-refractivity contribution in [3.63, 3.8) is 0 Å². The predicted molar refractivity (Wildman–Crippen MR) is 65.0 cm³/mol. The van der Waals surface area contributed by atoms with E-state index in [2.05, 4.69) is 5.32 Å². The molecule has 0 bridgehead atoms. The van der Waals surface area contributed by atoms with Gasteiger partial charge in [0.15, 0.2) is 0 Å². The highest BCUT2D eigenvalue weighted by molar-refractivity contribution is 5.76. The summed E-state index contributed by atoms with van der Waals surface area (Å²) in [7, 11) is 0. The normalized spacial score (nSPS) is 17.6. The van der Waals surface area contributed by atoms with Gasteiger partial charge in [-0.2, -0.15) is 26.3 Å². The Balaban J connectivity index is 2.49. The fourth-order valence-electron chi connectivity index (χ4n) is 2.37. The number of halogens is 6. The lowest BCUT2D eigenvalue weighted by Gasteiger charge is -2.26. The van der Waals surface area contributed by atoms with Gasteiger partial charge in [0.1, 0.15) is 0 Å². The van der Waals surface area contributed by atoms with Crippen molar-refractivity contribution in [1.29, 1.82) is 0 Å². The van der Waals surface area contributed by atoms with Crippen LogP contribution in [0.25, 0.3) is 0 Å². The molecule has 0 aliphatic carbocycles. The molecule has 3 nitrogen and oxygen atoms in total. The van der Waals surface area contributed by atoms with Crippen molar-refractivity contribution in [2.75, 3.05) is 13.1 Å². The Hall–Kier alpha value is -1.93. The van der Waals surface area contributed by atoms with Crippen LogP contribution in [0.3, 0.4) is 0 Å². The van der Waals surface area contributed by atoms with Crippen molar-refractivity contribution >= 4 is 6.03 Å². The second kappa shape index (κ2) is 5.36. The molecule has 1 heterocycles. The molecule has 0 aromatic heterocycles. The van der Waals surface area contributed by atoms with Crippen molar-refractivity contribution in [3.05, 3.63) is 34.9 Å². The van der Waals surface area contributed by atoms with Crippen LogP contribution < -0.4 is 5.32 Å². The lowest BCUT2D eigenvalue weighted by molar-refractivity contribution is -0.143. The van der Waals surface area contributed by atoms with Gasteiger partial charge in [0.25, 0.3) is 0 Å². The number of hydrogen-bond donors (Lipinski definition) is 1. The van der Waals surface area contributed by atoms with Crippen LogP contribution in [-0.4, -0.2) is 24.0 Å². The highest BCUT2D eigenvalue weighted by atomic mass is 19.4. The monoisotopic (exact) mass is 326 g/mol. The quantitative estimate of drug-likeness (QED) is 0.824. The highest BCUT2D eigenvalue weighted by Crippen LogP contribution is 2.40. The predicted octanol–water partition coefficient (Wildman–Crippen LogP) is 3.81. The summed E-state index contributed by atoms with van der Waals surface area (Å²) in [4.78, 5) is 12.7. The smallest absolute Gasteiger partial charge is 0.336 e. The first-order valence-electron chi connectivity index (χ1n) is 6.34. The lowest BCUT2D eigenvalue weighted by atomic mass is 9.97. The Kier molecular flexibility index (Phi) is 4.01. The van der Waals surface area contributed by atoms with Gasteiger partial charge >= 0.3 is 18.4 Å². The minimum absolute atomic E-state index is 0.0831. The minimum atomic E-state index is -4.94. The van der Waals surface area contributed by atoms with Gasteiger partial charge in [-0.1, -0.05) is 6.07 Å². The fourth-order valence-corrected chi connectivity index (χ4v) is 2.37. The average Bonchev–Trinajstić information content (AvgIpc) is 2.81. The van der Waals surface area contributed by atoms with E-state index in [-0.39, 0.29) is 24.7 Å². The number of carbonyl (C=O) groups excluding carboxylic acids is 1. The van der Waals surface area contributed by atoms with Crippen molar-refractivity contribution in [2.24, 2.45) is 0 Å². The van der Waals surface area contributed by atoms with Gasteiger partial charge in [-0.3, -0.25) is 0 Å². The van der Waals surface area contributed by atoms with Gasteiger partial charge in [-0.05, 0) is 24.6 Å². The number of hydrogen-bond acceptors (Lipinski definition) is 1. The Morgan fingerprint density at radius 1 is 1.14 bits per heavy atom. The van der Waals surface area contributed by atoms with Gasteiger partial charge in [0.05, 0.1) is 17.2 Å². The summed E-state index contributed by atoms with van der Waals surface area (Å²) in [6.07, 6.45) is -9.81. The van der Waals surface area contributed by atoms with Crippen molar-refractivity contribution in [2.45, 2.75) is 25.3 Å². The van der Waals surface area contributed by atoms with E-state index in [1.807, 2.05) is 0 Å². The van der Waals surface area contributed by atoms with Gasteiger partial charge < -0.3 is 10.2 Å². The molecular formula is C13H12F6N2O. The summed E-state index contributed by atoms with van der Waals surface area (Å²) in [6, 6.07) is -0.0709. The minimum Gasteiger partial charge on any atom is -0.336 e. The summed E-state index contributed by atoms with van der Waals surface area (Å²) in [5.74, 6) is 0. The maximum Gasteiger partial charge on any atom is 0.416 e. The molecular weight excluding hydrogens is 314 g/mol. The molecule has 1 atom stereocenters. The average molecular weight is 326 g/mol. The Morgan fingerprint density at radius 3 is 2.23 bits per heavy atom. The molecule has 1 fully saturated rings. The van der Waals surface area contributed by atoms with Gasteiger partial charge in [0.2, 0.25) is 0 Å². The molecule has 122 valence electrons. The molecule has 1 saturated heterocycles. The molecule has 2 rings (SSSR count). The molecule has 0 spiro atoms. The molecule has 9 heteroatoms. The summed E-state index contributed by atoms with van der Waals surface area (Å²) < 4.78 is 77.1. The SMILES string of the molecule is CC(c1ccc(C(F)(F)F)cc1C(F)(F)F)N1CCNC1=O. The van der Waals surface area contributed by atoms with Crippen LogP contribution in [0, 0.1) is 0 Å². The standard InChI is InChI=1S/C13H12F6N2O/c1-7(21-5-4-20-11(21)22)9-3-2-8(12(14,15)16)6-10(9)13(17,18)19/h2-3,6-7H,4-5H2,1H3,(H,20,22). The van der Waals surface area contributed by atoms with E-state index in [0.29, 0.717) is 6.07 Å². The van der Waals surface area contributed by atoms with Crippen LogP contribution in [0.5, 0.6) is 0 Å². The van der Waals surface area contributed by atoms with E-state index >= 15 is 0 Å². The van der Waals surface area contributed by atoms with E-state index in [4.69, 9.17) is 0 Å². The van der Waals surface area contributed by atoms with E-state index in [1.165, 1.54) is 6.92 Å². The second-order valence-corrected chi connectivity index (χ2v) is 4.90. The van der Waals surface area contributed by atoms with Gasteiger partial charge in [0, 0.05) is 13.1 Å². The van der Waals surface area contributed by atoms with Gasteiger partial charge in [-0.25, -0.2) is 4.79 Å². The molecule has 1 aromatic carbocycles. The Morgan fingerprint density at radius 2 is 1.77 bits per heavy atom. The zero-order valence-corrected chi connectivity index (χ0v) is 11.3. The van der Waals surface area contributed by atoms with Gasteiger partial charge in [-0.15, -0.1) is 0 Å². The summed E-state index contributed by atoms with van der Waals surface area (Å²) in [6.45, 7) is 1.83. The molecule has 0 radical (unpaired) electrons. The summed E-state index contributed by atoms with van der Waals surface area (Å²) in [5.41, 5.74) is -3.12. The highest BCUT2D eigenvalue weighted by Gasteiger charge is 2.40. The first kappa shape index (κ1) is 16.4. The van der Waals surface area contributed by atoms with Crippen LogP contribution in [0.15, 0.2) is 18.2 Å². The molecule has 1 unspecified atom stereocenters. The van der Waals surface area contributed by atoms with Crippen LogP contribution in [0.2, 0.25) is 0 Å². The maximum absolute atomic E-state index is 13.1. The van der Waals surface area contributed by atoms with E-state index in [1.54, 1.807) is 0 Å². The second-order valence-electron chi connectivity index (χ2n) is 4.90. The molecule has 22 heavy (non-hydrogen) atoms. The van der Waals surface area contributed by atoms with Crippen LogP contribution >= 0.6 is 0 Å². The zero-order valence-electron chi connectivity index (χ0n) is 11.3. The summed E-state index contributed by atoms with van der Waals surface area (Å²) >= 11 is 0. The number of alkyl halides is 6. The molecule has 2 amide bonds. The molecule has 1 aliphatic heterocycles. The molecule has 1 N–H and O–H groups in total. The van der Waals surface area contributed by atoms with Crippen molar-refractivity contribution in [3.8, 4) is 0 Å². The van der Waals surface area contributed by atoms with Crippen LogP contribution in [0.4, 0.5) is 31.1 Å². The third-order valence-electron chi connectivity index (χ3n) is 3.49. The Bertz CT molecular complexity index is 581. The summed E-state index contributed by atoms with van der Waals surface area (Å²) in [5, 5.41) is 2.44. The van der Waals surface area contributed by atoms with Crippen molar-refractivity contribution < 1.29 is 31.1 Å². The molecule has 0 saturated carbocycles. The topological polar surface area (TPSA) is 32.3 Å². The van der Waals surface area contributed by atoms with Crippen LogP contribution in [-0.2, 0) is 12.4 Å². The first-order chi connectivity index (χ1) is 10.0. The molecule has 1 aliphatic rings. The number of nitrogens with zero attached hydrogens (tertiary/aromatic N) is 1. The number of amides is 2. The largest absolute Gasteiger partial charge is 0.416 e. The first-order valence-corrected chi connectivity index (χ1v) is 6.34. The van der Waals surface area contributed by atoms with E-state index < -0.39 is 35.6 Å². The van der Waals surface area contributed by atoms with Crippen molar-refractivity contribution in [1.82, 2.24) is 10.2 Å². The third kappa shape index (κ3) is 3.12. The number of nitrogens with one attached hydrogen (secondary N) is 1. The fraction of sp³-hybridized carbons (Fsp3) is 0.462. The van der Waals surface area contributed by atoms with E-state index in [0.717, 1.165) is 11.0 Å². The number of carbonyl (C=O) groups is 1. The Labute approximate surface area is 121 Å². The number of rotatable bonds is 2.